The van der Waals surface area contributed by atoms with E-state index in [0.717, 1.165) is 17.7 Å². The van der Waals surface area contributed by atoms with Gasteiger partial charge in [-0.1, -0.05) is 75.2 Å². The van der Waals surface area contributed by atoms with Gasteiger partial charge in [0.25, 0.3) is 0 Å². The van der Waals surface area contributed by atoms with Gasteiger partial charge >= 0.3 is 0 Å². The van der Waals surface area contributed by atoms with Gasteiger partial charge in [-0.25, -0.2) is 4.39 Å². The molecule has 0 N–H and O–H groups in total. The van der Waals surface area contributed by atoms with E-state index in [1.165, 1.54) is 50.3 Å². The summed E-state index contributed by atoms with van der Waals surface area (Å²) >= 11 is 7.11. The van der Waals surface area contributed by atoms with Gasteiger partial charge in [-0.2, -0.15) is 0 Å². The molecule has 20 heavy (non-hydrogen) atoms. The quantitative estimate of drug-likeness (QED) is 0.306. The van der Waals surface area contributed by atoms with E-state index in [-0.39, 0.29) is 0 Å². The lowest BCUT2D eigenvalue weighted by Gasteiger charge is -2.08. The van der Waals surface area contributed by atoms with Gasteiger partial charge in [-0.05, 0) is 37.1 Å². The molecule has 3 heteroatoms. The van der Waals surface area contributed by atoms with Gasteiger partial charge in [-0.15, -0.1) is 0 Å². The number of alkyl halides is 1. The predicted octanol–water partition coefficient (Wildman–Crippen LogP) is 7.26. The Morgan fingerprint density at radius 3 is 2.10 bits per heavy atom. The molecule has 1 unspecified atom stereocenters. The van der Waals surface area contributed by atoms with Crippen molar-refractivity contribution in [3.05, 3.63) is 29.3 Å². The number of hydrogen-bond donors (Lipinski definition) is 0. The van der Waals surface area contributed by atoms with Crippen molar-refractivity contribution in [1.29, 1.82) is 0 Å². The molecule has 0 nitrogen and oxygen atoms in total. The molecule has 0 aliphatic carbocycles. The third-order valence-corrected chi connectivity index (χ3v) is 4.65. The highest BCUT2D eigenvalue weighted by atomic mass is 35.5. The molecule has 1 rings (SSSR count). The van der Waals surface area contributed by atoms with Crippen LogP contribution in [0, 0.1) is 0 Å². The molecule has 0 aliphatic heterocycles. The van der Waals surface area contributed by atoms with Crippen LogP contribution >= 0.6 is 23.4 Å². The molecule has 1 aromatic carbocycles. The SMILES string of the molecule is CCCCCCCCCCC(F)Sc1ccc(Cl)cc1. The average Bonchev–Trinajstić information content (AvgIpc) is 2.44. The van der Waals surface area contributed by atoms with Crippen LogP contribution in [0.3, 0.4) is 0 Å². The Labute approximate surface area is 132 Å². The molecule has 114 valence electrons. The van der Waals surface area contributed by atoms with Crippen molar-refractivity contribution in [2.75, 3.05) is 0 Å². The van der Waals surface area contributed by atoms with E-state index < -0.39 is 5.50 Å². The summed E-state index contributed by atoms with van der Waals surface area (Å²) in [6.45, 7) is 2.24. The monoisotopic (exact) mass is 316 g/mol. The molecular formula is C17H26ClFS. The van der Waals surface area contributed by atoms with Crippen LogP contribution in [0.1, 0.15) is 64.7 Å². The summed E-state index contributed by atoms with van der Waals surface area (Å²) in [7, 11) is 0. The normalized spacial score (nSPS) is 12.6. The fourth-order valence-electron chi connectivity index (χ4n) is 2.16. The number of hydrogen-bond acceptors (Lipinski definition) is 1. The number of thioether (sulfide) groups is 1. The van der Waals surface area contributed by atoms with E-state index >= 15 is 0 Å². The van der Waals surface area contributed by atoms with Gasteiger partial charge in [0, 0.05) is 9.92 Å². The van der Waals surface area contributed by atoms with E-state index in [1.54, 1.807) is 0 Å². The molecule has 0 radical (unpaired) electrons. The van der Waals surface area contributed by atoms with Crippen molar-refractivity contribution in [3.8, 4) is 0 Å². The van der Waals surface area contributed by atoms with E-state index in [1.807, 2.05) is 24.3 Å². The van der Waals surface area contributed by atoms with Crippen LogP contribution in [0.2, 0.25) is 5.02 Å². The fourth-order valence-corrected chi connectivity index (χ4v) is 3.16. The second-order valence-electron chi connectivity index (χ2n) is 5.25. The zero-order valence-electron chi connectivity index (χ0n) is 12.4. The minimum absolute atomic E-state index is 0.655. The first kappa shape index (κ1) is 17.8. The smallest absolute Gasteiger partial charge is 0.150 e. The van der Waals surface area contributed by atoms with Gasteiger partial charge in [0.15, 0.2) is 0 Å². The number of rotatable bonds is 11. The molecule has 0 heterocycles. The summed E-state index contributed by atoms with van der Waals surface area (Å²) < 4.78 is 13.8. The van der Waals surface area contributed by atoms with Gasteiger partial charge in [0.2, 0.25) is 0 Å². The number of benzene rings is 1. The van der Waals surface area contributed by atoms with Gasteiger partial charge < -0.3 is 0 Å². The summed E-state index contributed by atoms with van der Waals surface area (Å²) in [5.41, 5.74) is -0.795. The lowest BCUT2D eigenvalue weighted by molar-refractivity contribution is 0.411. The highest BCUT2D eigenvalue weighted by molar-refractivity contribution is 7.99. The summed E-state index contributed by atoms with van der Waals surface area (Å²) in [5.74, 6) is 0. The first-order chi connectivity index (χ1) is 9.72. The summed E-state index contributed by atoms with van der Waals surface area (Å²) in [6.07, 6.45) is 10.7. The van der Waals surface area contributed by atoms with Crippen molar-refractivity contribution in [3.63, 3.8) is 0 Å². The van der Waals surface area contributed by atoms with E-state index in [0.29, 0.717) is 11.4 Å². The second kappa shape index (κ2) is 11.4. The molecule has 0 fully saturated rings. The summed E-state index contributed by atoms with van der Waals surface area (Å²) in [4.78, 5) is 0.960. The molecule has 0 bridgehead atoms. The highest BCUT2D eigenvalue weighted by Gasteiger charge is 2.08. The van der Waals surface area contributed by atoms with E-state index in [2.05, 4.69) is 6.92 Å². The largest absolute Gasteiger partial charge is 0.235 e. The molecule has 0 spiro atoms. The van der Waals surface area contributed by atoms with Crippen LogP contribution in [0.25, 0.3) is 0 Å². The Morgan fingerprint density at radius 2 is 1.50 bits per heavy atom. The minimum Gasteiger partial charge on any atom is -0.235 e. The molecular weight excluding hydrogens is 291 g/mol. The van der Waals surface area contributed by atoms with Gasteiger partial charge in [0.1, 0.15) is 5.50 Å². The Kier molecular flexibility index (Phi) is 10.2. The zero-order chi connectivity index (χ0) is 14.6. The zero-order valence-corrected chi connectivity index (χ0v) is 14.0. The molecule has 0 amide bonds. The first-order valence-electron chi connectivity index (χ1n) is 7.78. The van der Waals surface area contributed by atoms with E-state index in [9.17, 15) is 4.39 Å². The van der Waals surface area contributed by atoms with Crippen molar-refractivity contribution in [2.45, 2.75) is 75.1 Å². The topological polar surface area (TPSA) is 0 Å². The van der Waals surface area contributed by atoms with Crippen molar-refractivity contribution < 1.29 is 4.39 Å². The van der Waals surface area contributed by atoms with Crippen LogP contribution in [-0.2, 0) is 0 Å². The molecule has 0 saturated heterocycles. The maximum Gasteiger partial charge on any atom is 0.150 e. The maximum atomic E-state index is 13.8. The Morgan fingerprint density at radius 1 is 0.950 bits per heavy atom. The van der Waals surface area contributed by atoms with Crippen LogP contribution in [0.5, 0.6) is 0 Å². The molecule has 0 aromatic heterocycles. The predicted molar refractivity (Wildman–Crippen MR) is 89.4 cm³/mol. The average molecular weight is 317 g/mol. The molecule has 0 aliphatic rings. The maximum absolute atomic E-state index is 13.8. The lowest BCUT2D eigenvalue weighted by Crippen LogP contribution is -1.93. The first-order valence-corrected chi connectivity index (χ1v) is 9.04. The molecule has 0 saturated carbocycles. The Balaban J connectivity index is 2.00. The van der Waals surface area contributed by atoms with E-state index in [4.69, 9.17) is 11.6 Å². The van der Waals surface area contributed by atoms with Crippen molar-refractivity contribution in [1.82, 2.24) is 0 Å². The standard InChI is InChI=1S/C17H26ClFS/c1-2-3-4-5-6-7-8-9-10-17(19)20-16-13-11-15(18)12-14-16/h11-14,17H,2-10H2,1H3. The summed E-state index contributed by atoms with van der Waals surface area (Å²) in [6, 6.07) is 7.39. The Bertz CT molecular complexity index is 339. The number of halogens is 2. The highest BCUT2D eigenvalue weighted by Crippen LogP contribution is 2.28. The Hall–Kier alpha value is -0.210. The van der Waals surface area contributed by atoms with Crippen LogP contribution in [-0.4, -0.2) is 5.50 Å². The van der Waals surface area contributed by atoms with Gasteiger partial charge in [-0.3, -0.25) is 0 Å². The third-order valence-electron chi connectivity index (χ3n) is 3.36. The number of unbranched alkanes of at least 4 members (excludes halogenated alkanes) is 7. The molecule has 1 atom stereocenters. The second-order valence-corrected chi connectivity index (χ2v) is 6.90. The van der Waals surface area contributed by atoms with Crippen molar-refractivity contribution in [2.24, 2.45) is 0 Å². The third kappa shape index (κ3) is 8.86. The van der Waals surface area contributed by atoms with Crippen LogP contribution < -0.4 is 0 Å². The fraction of sp³-hybridized carbons (Fsp3) is 0.647. The summed E-state index contributed by atoms with van der Waals surface area (Å²) in [5, 5.41) is 0.702. The van der Waals surface area contributed by atoms with Crippen LogP contribution in [0.15, 0.2) is 29.2 Å². The minimum atomic E-state index is -0.795. The van der Waals surface area contributed by atoms with Gasteiger partial charge in [0.05, 0.1) is 0 Å². The van der Waals surface area contributed by atoms with Crippen molar-refractivity contribution >= 4 is 23.4 Å². The lowest BCUT2D eigenvalue weighted by atomic mass is 10.1. The molecule has 1 aromatic rings. The van der Waals surface area contributed by atoms with Crippen LogP contribution in [0.4, 0.5) is 4.39 Å².